The lowest BCUT2D eigenvalue weighted by molar-refractivity contribution is 0.412. The molecule has 0 spiro atoms. The summed E-state index contributed by atoms with van der Waals surface area (Å²) in [6.45, 7) is 0. The average Bonchev–Trinajstić information content (AvgIpc) is 2.04. The first-order chi connectivity index (χ1) is 5.27. The van der Waals surface area contributed by atoms with Gasteiger partial charge in [-0.15, -0.1) is 4.91 Å². The van der Waals surface area contributed by atoms with Crippen molar-refractivity contribution >= 4 is 5.69 Å². The number of halogens is 1. The van der Waals surface area contributed by atoms with Crippen LogP contribution < -0.4 is 4.74 Å². The van der Waals surface area contributed by atoms with Gasteiger partial charge in [0.05, 0.1) is 7.11 Å². The Morgan fingerprint density at radius 2 is 2.27 bits per heavy atom. The Morgan fingerprint density at radius 1 is 1.55 bits per heavy atom. The molecule has 0 amide bonds. The fourth-order valence-corrected chi connectivity index (χ4v) is 0.727. The number of benzene rings is 1. The summed E-state index contributed by atoms with van der Waals surface area (Å²) in [4.78, 5) is 10.0. The third kappa shape index (κ3) is 1.52. The Labute approximate surface area is 62.8 Å². The molecule has 11 heavy (non-hydrogen) atoms. The van der Waals surface area contributed by atoms with Crippen LogP contribution in [0.2, 0.25) is 0 Å². The molecule has 1 aromatic rings. The van der Waals surface area contributed by atoms with Crippen molar-refractivity contribution in [2.75, 3.05) is 7.11 Å². The third-order valence-electron chi connectivity index (χ3n) is 1.24. The zero-order valence-electron chi connectivity index (χ0n) is 5.87. The minimum atomic E-state index is -0.450. The fraction of sp³-hybridized carbons (Fsp3) is 0.143. The van der Waals surface area contributed by atoms with Gasteiger partial charge in [-0.2, -0.15) is 0 Å². The van der Waals surface area contributed by atoms with Crippen molar-refractivity contribution in [2.24, 2.45) is 5.18 Å². The van der Waals surface area contributed by atoms with Crippen LogP contribution in [-0.4, -0.2) is 7.11 Å². The van der Waals surface area contributed by atoms with Gasteiger partial charge in [0.2, 0.25) is 0 Å². The van der Waals surface area contributed by atoms with Crippen LogP contribution in [0.5, 0.6) is 5.75 Å². The number of methoxy groups -OCH3 is 1. The molecule has 0 saturated carbocycles. The van der Waals surface area contributed by atoms with Crippen LogP contribution in [0.1, 0.15) is 0 Å². The maximum Gasteiger partial charge on any atom is 0.150 e. The van der Waals surface area contributed by atoms with Gasteiger partial charge in [0, 0.05) is 6.07 Å². The Kier molecular flexibility index (Phi) is 2.15. The summed E-state index contributed by atoms with van der Waals surface area (Å²) in [6.07, 6.45) is 0. The molecule has 0 fully saturated rings. The van der Waals surface area contributed by atoms with Gasteiger partial charge in [-0.25, -0.2) is 4.39 Å². The van der Waals surface area contributed by atoms with E-state index in [1.165, 1.54) is 13.2 Å². The molecule has 0 atom stereocenters. The number of ether oxygens (including phenoxy) is 1. The highest BCUT2D eigenvalue weighted by atomic mass is 19.1. The monoisotopic (exact) mass is 155 g/mol. The van der Waals surface area contributed by atoms with Crippen LogP contribution in [0.3, 0.4) is 0 Å². The van der Waals surface area contributed by atoms with E-state index in [4.69, 9.17) is 0 Å². The molecule has 0 bridgehead atoms. The van der Waals surface area contributed by atoms with E-state index in [1.54, 1.807) is 0 Å². The van der Waals surface area contributed by atoms with Crippen LogP contribution in [-0.2, 0) is 0 Å². The van der Waals surface area contributed by atoms with Gasteiger partial charge in [0.1, 0.15) is 11.5 Å². The van der Waals surface area contributed by atoms with Crippen molar-refractivity contribution in [1.82, 2.24) is 0 Å². The fourth-order valence-electron chi connectivity index (χ4n) is 0.727. The average molecular weight is 155 g/mol. The van der Waals surface area contributed by atoms with E-state index < -0.39 is 5.82 Å². The molecule has 0 unspecified atom stereocenters. The molecular formula is C7H6FNO2. The molecule has 0 heterocycles. The molecule has 58 valence electrons. The second-order valence-corrected chi connectivity index (χ2v) is 1.91. The van der Waals surface area contributed by atoms with Gasteiger partial charge in [-0.3, -0.25) is 0 Å². The van der Waals surface area contributed by atoms with Gasteiger partial charge in [-0.1, -0.05) is 0 Å². The minimum absolute atomic E-state index is 0.105. The van der Waals surface area contributed by atoms with Crippen LogP contribution in [0.25, 0.3) is 0 Å². The summed E-state index contributed by atoms with van der Waals surface area (Å²) in [5.74, 6) is -0.297. The maximum absolute atomic E-state index is 12.4. The number of nitroso groups, excluding NO2 is 1. The van der Waals surface area contributed by atoms with Crippen molar-refractivity contribution in [1.29, 1.82) is 0 Å². The number of hydrogen-bond acceptors (Lipinski definition) is 3. The Balaban J connectivity index is 3.16. The molecule has 0 aliphatic rings. The van der Waals surface area contributed by atoms with E-state index >= 15 is 0 Å². The van der Waals surface area contributed by atoms with Crippen molar-refractivity contribution < 1.29 is 9.13 Å². The van der Waals surface area contributed by atoms with Gasteiger partial charge < -0.3 is 4.74 Å². The van der Waals surface area contributed by atoms with E-state index in [-0.39, 0.29) is 11.4 Å². The SMILES string of the molecule is COc1cc(F)ccc1N=O. The largest absolute Gasteiger partial charge is 0.494 e. The molecule has 3 nitrogen and oxygen atoms in total. The van der Waals surface area contributed by atoms with E-state index in [1.807, 2.05) is 0 Å². The molecule has 4 heteroatoms. The van der Waals surface area contributed by atoms with Gasteiger partial charge in [-0.05, 0) is 17.3 Å². The van der Waals surface area contributed by atoms with E-state index in [0.29, 0.717) is 0 Å². The quantitative estimate of drug-likeness (QED) is 0.614. The Bertz CT molecular complexity index is 275. The molecule has 0 aromatic heterocycles. The second kappa shape index (κ2) is 3.09. The Morgan fingerprint density at radius 3 is 2.82 bits per heavy atom. The smallest absolute Gasteiger partial charge is 0.150 e. The lowest BCUT2D eigenvalue weighted by Gasteiger charge is -1.99. The molecule has 1 aromatic carbocycles. The van der Waals surface area contributed by atoms with Crippen LogP contribution in [0.4, 0.5) is 10.1 Å². The minimum Gasteiger partial charge on any atom is -0.494 e. The molecule has 0 N–H and O–H groups in total. The van der Waals surface area contributed by atoms with Crippen molar-refractivity contribution in [3.63, 3.8) is 0 Å². The number of nitrogens with zero attached hydrogens (tertiary/aromatic N) is 1. The first kappa shape index (κ1) is 7.65. The van der Waals surface area contributed by atoms with Crippen molar-refractivity contribution in [3.05, 3.63) is 28.9 Å². The first-order valence-corrected chi connectivity index (χ1v) is 2.95. The third-order valence-corrected chi connectivity index (χ3v) is 1.24. The number of rotatable bonds is 2. The predicted molar refractivity (Wildman–Crippen MR) is 38.4 cm³/mol. The van der Waals surface area contributed by atoms with E-state index in [2.05, 4.69) is 9.91 Å². The lowest BCUT2D eigenvalue weighted by atomic mass is 10.3. The van der Waals surface area contributed by atoms with Crippen molar-refractivity contribution in [2.45, 2.75) is 0 Å². The summed E-state index contributed by atoms with van der Waals surface area (Å²) >= 11 is 0. The summed E-state index contributed by atoms with van der Waals surface area (Å²) in [5, 5.41) is 2.64. The van der Waals surface area contributed by atoms with Crippen LogP contribution in [0, 0.1) is 10.7 Å². The van der Waals surface area contributed by atoms with Crippen LogP contribution in [0.15, 0.2) is 23.4 Å². The maximum atomic E-state index is 12.4. The first-order valence-electron chi connectivity index (χ1n) is 2.95. The molecule has 0 aliphatic carbocycles. The summed E-state index contributed by atoms with van der Waals surface area (Å²) < 4.78 is 17.1. The molecule has 0 aliphatic heterocycles. The highest BCUT2D eigenvalue weighted by Gasteiger charge is 2.02. The topological polar surface area (TPSA) is 38.7 Å². The van der Waals surface area contributed by atoms with Crippen LogP contribution >= 0.6 is 0 Å². The normalized spacial score (nSPS) is 9.27. The molecular weight excluding hydrogens is 149 g/mol. The van der Waals surface area contributed by atoms with E-state index in [9.17, 15) is 9.30 Å². The summed E-state index contributed by atoms with van der Waals surface area (Å²) in [5.41, 5.74) is 0.105. The second-order valence-electron chi connectivity index (χ2n) is 1.91. The van der Waals surface area contributed by atoms with Gasteiger partial charge >= 0.3 is 0 Å². The molecule has 0 radical (unpaired) electrons. The van der Waals surface area contributed by atoms with Gasteiger partial charge in [0.15, 0.2) is 5.75 Å². The highest BCUT2D eigenvalue weighted by Crippen LogP contribution is 2.26. The predicted octanol–water partition coefficient (Wildman–Crippen LogP) is 2.23. The van der Waals surface area contributed by atoms with Gasteiger partial charge in [0.25, 0.3) is 0 Å². The molecule has 1 rings (SSSR count). The van der Waals surface area contributed by atoms with Crippen molar-refractivity contribution in [3.8, 4) is 5.75 Å². The van der Waals surface area contributed by atoms with E-state index in [0.717, 1.165) is 12.1 Å². The highest BCUT2D eigenvalue weighted by molar-refractivity contribution is 5.51. The summed E-state index contributed by atoms with van der Waals surface area (Å²) in [7, 11) is 1.35. The standard InChI is InChI=1S/C7H6FNO2/c1-11-7-4-5(8)2-3-6(7)9-10/h2-4H,1H3. The summed E-state index contributed by atoms with van der Waals surface area (Å²) in [6, 6.07) is 3.52. The number of hydrogen-bond donors (Lipinski definition) is 0. The zero-order chi connectivity index (χ0) is 8.27. The Hall–Kier alpha value is -1.45. The zero-order valence-corrected chi connectivity index (χ0v) is 5.87. The lowest BCUT2D eigenvalue weighted by Crippen LogP contribution is -1.83. The molecule has 0 saturated heterocycles.